The Morgan fingerprint density at radius 3 is 2.85 bits per heavy atom. The minimum absolute atomic E-state index is 0.0883. The predicted molar refractivity (Wildman–Crippen MR) is 100 cm³/mol. The molecule has 1 N–H and O–H groups in total. The summed E-state index contributed by atoms with van der Waals surface area (Å²) in [5, 5.41) is 3.84. The van der Waals surface area contributed by atoms with Crippen molar-refractivity contribution in [3.05, 3.63) is 77.1 Å². The Labute approximate surface area is 155 Å². The van der Waals surface area contributed by atoms with Crippen LogP contribution in [0, 0.1) is 5.82 Å². The molecule has 1 amide bonds. The van der Waals surface area contributed by atoms with Crippen molar-refractivity contribution in [3.8, 4) is 10.6 Å². The molecular weight excluding hydrogens is 349 g/mol. The normalized spacial score (nSPS) is 17.9. The second-order valence-corrected chi connectivity index (χ2v) is 7.33. The lowest BCUT2D eigenvalue weighted by Gasteiger charge is -2.34. The first-order valence-electron chi connectivity index (χ1n) is 8.48. The molecule has 0 aliphatic carbocycles. The number of hydrogen-bond acceptors (Lipinski definition) is 4. The van der Waals surface area contributed by atoms with Gasteiger partial charge in [-0.3, -0.25) is 9.69 Å². The largest absolute Gasteiger partial charge is 0.353 e. The fourth-order valence-electron chi connectivity index (χ4n) is 3.22. The van der Waals surface area contributed by atoms with Crippen molar-refractivity contribution in [2.75, 3.05) is 13.1 Å². The van der Waals surface area contributed by atoms with E-state index < -0.39 is 6.04 Å². The Morgan fingerprint density at radius 2 is 2.04 bits per heavy atom. The fraction of sp³-hybridized carbons (Fsp3) is 0.200. The summed E-state index contributed by atoms with van der Waals surface area (Å²) >= 11 is 1.62. The summed E-state index contributed by atoms with van der Waals surface area (Å²) in [6.07, 6.45) is 1.86. The molecular formula is C20H18FN3OS. The Kier molecular flexibility index (Phi) is 4.77. The van der Waals surface area contributed by atoms with Crippen LogP contribution in [0.15, 0.2) is 60.8 Å². The number of rotatable bonds is 4. The average molecular weight is 367 g/mol. The van der Waals surface area contributed by atoms with E-state index in [1.165, 1.54) is 12.1 Å². The summed E-state index contributed by atoms with van der Waals surface area (Å²) in [4.78, 5) is 20.1. The highest BCUT2D eigenvalue weighted by atomic mass is 32.1. The third kappa shape index (κ3) is 3.52. The number of piperazine rings is 1. The summed E-state index contributed by atoms with van der Waals surface area (Å²) in [5.41, 5.74) is 1.76. The highest BCUT2D eigenvalue weighted by Gasteiger charge is 2.31. The van der Waals surface area contributed by atoms with Crippen LogP contribution in [0.5, 0.6) is 0 Å². The van der Waals surface area contributed by atoms with Crippen LogP contribution in [0.25, 0.3) is 10.6 Å². The third-order valence-electron chi connectivity index (χ3n) is 4.41. The van der Waals surface area contributed by atoms with Gasteiger partial charge in [-0.2, -0.15) is 0 Å². The Morgan fingerprint density at radius 1 is 1.19 bits per heavy atom. The van der Waals surface area contributed by atoms with E-state index in [2.05, 4.69) is 15.2 Å². The van der Waals surface area contributed by atoms with Crippen molar-refractivity contribution in [1.82, 2.24) is 15.2 Å². The maximum Gasteiger partial charge on any atom is 0.242 e. The molecule has 132 valence electrons. The highest BCUT2D eigenvalue weighted by Crippen LogP contribution is 2.30. The lowest BCUT2D eigenvalue weighted by atomic mass is 10.0. The van der Waals surface area contributed by atoms with Crippen molar-refractivity contribution >= 4 is 17.2 Å². The van der Waals surface area contributed by atoms with Crippen molar-refractivity contribution in [3.63, 3.8) is 0 Å². The fourth-order valence-corrected chi connectivity index (χ4v) is 4.16. The SMILES string of the molecule is O=C1NCCN(Cc2cnc(-c3ccccc3)s2)[C@H]1c1cccc(F)c1. The number of aromatic nitrogens is 1. The van der Waals surface area contributed by atoms with Gasteiger partial charge in [-0.15, -0.1) is 11.3 Å². The molecule has 0 bridgehead atoms. The zero-order valence-electron chi connectivity index (χ0n) is 14.1. The molecule has 1 fully saturated rings. The first-order chi connectivity index (χ1) is 12.7. The van der Waals surface area contributed by atoms with Crippen molar-refractivity contribution in [2.24, 2.45) is 0 Å². The summed E-state index contributed by atoms with van der Waals surface area (Å²) in [5.74, 6) is -0.417. The number of carbonyl (C=O) groups excluding carboxylic acids is 1. The van der Waals surface area contributed by atoms with Crippen LogP contribution in [-0.4, -0.2) is 28.9 Å². The van der Waals surface area contributed by atoms with Gasteiger partial charge in [0.1, 0.15) is 16.9 Å². The van der Waals surface area contributed by atoms with Crippen LogP contribution in [-0.2, 0) is 11.3 Å². The molecule has 1 aliphatic rings. The van der Waals surface area contributed by atoms with E-state index in [9.17, 15) is 9.18 Å². The first-order valence-corrected chi connectivity index (χ1v) is 9.30. The maximum absolute atomic E-state index is 13.6. The van der Waals surface area contributed by atoms with Gasteiger partial charge >= 0.3 is 0 Å². The van der Waals surface area contributed by atoms with Gasteiger partial charge in [-0.25, -0.2) is 9.37 Å². The van der Waals surface area contributed by atoms with Gasteiger partial charge in [0, 0.05) is 36.3 Å². The first kappa shape index (κ1) is 16.9. The summed E-state index contributed by atoms with van der Waals surface area (Å²) in [7, 11) is 0. The highest BCUT2D eigenvalue weighted by molar-refractivity contribution is 7.15. The standard InChI is InChI=1S/C20H18FN3OS/c21-16-8-4-7-15(11-16)18-19(25)22-9-10-24(18)13-17-12-23-20(26-17)14-5-2-1-3-6-14/h1-8,11-12,18H,9-10,13H2,(H,22,25)/t18-/m0/s1. The van der Waals surface area contributed by atoms with Gasteiger partial charge in [0.05, 0.1) is 0 Å². The molecule has 0 radical (unpaired) electrons. The van der Waals surface area contributed by atoms with E-state index in [1.54, 1.807) is 23.5 Å². The lowest BCUT2D eigenvalue weighted by molar-refractivity contribution is -0.129. The van der Waals surface area contributed by atoms with Crippen molar-refractivity contribution in [1.29, 1.82) is 0 Å². The zero-order chi connectivity index (χ0) is 17.9. The third-order valence-corrected chi connectivity index (χ3v) is 5.44. The topological polar surface area (TPSA) is 45.2 Å². The molecule has 1 aliphatic heterocycles. The Balaban J connectivity index is 1.58. The van der Waals surface area contributed by atoms with Crippen molar-refractivity contribution in [2.45, 2.75) is 12.6 Å². The minimum Gasteiger partial charge on any atom is -0.353 e. The predicted octanol–water partition coefficient (Wildman–Crippen LogP) is 3.62. The Hall–Kier alpha value is -2.57. The van der Waals surface area contributed by atoms with Gasteiger partial charge in [-0.1, -0.05) is 42.5 Å². The van der Waals surface area contributed by atoms with Crippen molar-refractivity contribution < 1.29 is 9.18 Å². The van der Waals surface area contributed by atoms with Gasteiger partial charge in [-0.05, 0) is 17.7 Å². The van der Waals surface area contributed by atoms with Crippen LogP contribution in [0.1, 0.15) is 16.5 Å². The van der Waals surface area contributed by atoms with Gasteiger partial charge in [0.25, 0.3) is 0 Å². The number of nitrogens with one attached hydrogen (secondary N) is 1. The van der Waals surface area contributed by atoms with E-state index in [0.717, 1.165) is 15.4 Å². The number of hydrogen-bond donors (Lipinski definition) is 1. The van der Waals surface area contributed by atoms with Gasteiger partial charge in [0.2, 0.25) is 5.91 Å². The van der Waals surface area contributed by atoms with Crippen LogP contribution in [0.4, 0.5) is 4.39 Å². The number of benzene rings is 2. The van der Waals surface area contributed by atoms with Crippen LogP contribution in [0.3, 0.4) is 0 Å². The molecule has 4 rings (SSSR count). The van der Waals surface area contributed by atoms with E-state index in [-0.39, 0.29) is 11.7 Å². The minimum atomic E-state index is -0.485. The molecule has 0 unspecified atom stereocenters. The Bertz CT molecular complexity index is 912. The molecule has 3 aromatic rings. The van der Waals surface area contributed by atoms with E-state index in [0.29, 0.717) is 25.2 Å². The molecule has 0 saturated carbocycles. The molecule has 1 atom stereocenters. The van der Waals surface area contributed by atoms with E-state index in [1.807, 2.05) is 36.5 Å². The summed E-state index contributed by atoms with van der Waals surface area (Å²) in [6, 6.07) is 15.8. The molecule has 2 heterocycles. The van der Waals surface area contributed by atoms with Gasteiger partial charge < -0.3 is 5.32 Å². The number of halogens is 1. The van der Waals surface area contributed by atoms with E-state index in [4.69, 9.17) is 0 Å². The molecule has 4 nitrogen and oxygen atoms in total. The van der Waals surface area contributed by atoms with Crippen LogP contribution < -0.4 is 5.32 Å². The molecule has 6 heteroatoms. The van der Waals surface area contributed by atoms with E-state index >= 15 is 0 Å². The zero-order valence-corrected chi connectivity index (χ0v) is 14.9. The quantitative estimate of drug-likeness (QED) is 0.766. The number of thiazole rings is 1. The molecule has 26 heavy (non-hydrogen) atoms. The van der Waals surface area contributed by atoms with Crippen LogP contribution in [0.2, 0.25) is 0 Å². The van der Waals surface area contributed by atoms with Gasteiger partial charge in [0.15, 0.2) is 0 Å². The number of nitrogens with zero attached hydrogens (tertiary/aromatic N) is 2. The second-order valence-electron chi connectivity index (χ2n) is 6.22. The molecule has 2 aromatic carbocycles. The molecule has 1 saturated heterocycles. The average Bonchev–Trinajstić information content (AvgIpc) is 3.11. The van der Waals surface area contributed by atoms with Crippen LogP contribution >= 0.6 is 11.3 Å². The number of amides is 1. The summed E-state index contributed by atoms with van der Waals surface area (Å²) in [6.45, 7) is 1.92. The molecule has 0 spiro atoms. The smallest absolute Gasteiger partial charge is 0.242 e. The molecule has 1 aromatic heterocycles. The second kappa shape index (κ2) is 7.35. The summed E-state index contributed by atoms with van der Waals surface area (Å²) < 4.78 is 13.6. The lowest BCUT2D eigenvalue weighted by Crippen LogP contribution is -2.49. The maximum atomic E-state index is 13.6. The number of carbonyl (C=O) groups is 1. The monoisotopic (exact) mass is 367 g/mol.